The van der Waals surface area contributed by atoms with Crippen LogP contribution in [0.25, 0.3) is 11.0 Å². The van der Waals surface area contributed by atoms with Gasteiger partial charge in [0.1, 0.15) is 22.8 Å². The number of aromatic nitrogens is 6. The monoisotopic (exact) mass is 496 g/mol. The number of aryl methyl sites for hydroxylation is 1. The van der Waals surface area contributed by atoms with Crippen LogP contribution in [0.15, 0.2) is 24.0 Å². The molecule has 3 aromatic heterocycles. The van der Waals surface area contributed by atoms with E-state index in [4.69, 9.17) is 11.6 Å². The predicted molar refractivity (Wildman–Crippen MR) is 134 cm³/mol. The fourth-order valence-corrected chi connectivity index (χ4v) is 4.28. The molecular formula is C23H29ClN10O. The molecule has 1 amide bonds. The van der Waals surface area contributed by atoms with Crippen LogP contribution in [0.4, 0.5) is 17.5 Å². The number of likely N-dealkylation sites (tertiary alicyclic amines) is 1. The highest BCUT2D eigenvalue weighted by atomic mass is 35.5. The summed E-state index contributed by atoms with van der Waals surface area (Å²) in [5, 5.41) is 28.2. The highest BCUT2D eigenvalue weighted by molar-refractivity contribution is 6.35. The molecule has 1 fully saturated rings. The Labute approximate surface area is 208 Å². The number of H-pyrrole nitrogens is 1. The third-order valence-corrected chi connectivity index (χ3v) is 6.28. The Balaban J connectivity index is 1.60. The fraction of sp³-hybridized carbons (Fsp3) is 0.478. The van der Waals surface area contributed by atoms with Gasteiger partial charge in [0, 0.05) is 31.9 Å². The van der Waals surface area contributed by atoms with Gasteiger partial charge >= 0.3 is 0 Å². The van der Waals surface area contributed by atoms with Crippen LogP contribution in [0, 0.1) is 23.2 Å². The molecule has 0 radical (unpaired) electrons. The molecule has 4 rings (SSSR count). The lowest BCUT2D eigenvalue weighted by atomic mass is 9.92. The van der Waals surface area contributed by atoms with Crippen LogP contribution in [0.5, 0.6) is 0 Å². The molecule has 0 unspecified atom stereocenters. The summed E-state index contributed by atoms with van der Waals surface area (Å²) in [5.74, 6) is 1.000. The Morgan fingerprint density at radius 2 is 2.23 bits per heavy atom. The van der Waals surface area contributed by atoms with E-state index in [2.05, 4.69) is 48.9 Å². The third kappa shape index (κ3) is 5.38. The van der Waals surface area contributed by atoms with Crippen molar-refractivity contribution in [3.63, 3.8) is 0 Å². The minimum Gasteiger partial charge on any atom is -0.364 e. The maximum atomic E-state index is 13.0. The van der Waals surface area contributed by atoms with Crippen molar-refractivity contribution < 1.29 is 4.79 Å². The summed E-state index contributed by atoms with van der Waals surface area (Å²) in [6, 6.07) is 1.95. The van der Waals surface area contributed by atoms with E-state index >= 15 is 0 Å². The van der Waals surface area contributed by atoms with Crippen LogP contribution in [-0.2, 0) is 11.3 Å². The molecule has 1 saturated heterocycles. The van der Waals surface area contributed by atoms with Crippen molar-refractivity contribution in [2.75, 3.05) is 23.7 Å². The first-order chi connectivity index (χ1) is 16.8. The van der Waals surface area contributed by atoms with Crippen molar-refractivity contribution in [2.24, 2.45) is 11.8 Å². The smallest absolute Gasteiger partial charge is 0.264 e. The number of carbonyl (C=O) groups is 1. The van der Waals surface area contributed by atoms with Crippen molar-refractivity contribution in [1.82, 2.24) is 34.8 Å². The van der Waals surface area contributed by atoms with Crippen molar-refractivity contribution >= 4 is 46.0 Å². The Hall–Kier alpha value is -3.65. The van der Waals surface area contributed by atoms with Crippen LogP contribution in [0.1, 0.15) is 34.1 Å². The second-order valence-corrected chi connectivity index (χ2v) is 9.41. The summed E-state index contributed by atoms with van der Waals surface area (Å²) in [6.45, 7) is 9.80. The molecule has 0 aromatic carbocycles. The van der Waals surface area contributed by atoms with Gasteiger partial charge < -0.3 is 15.5 Å². The Morgan fingerprint density at radius 3 is 2.91 bits per heavy atom. The Kier molecular flexibility index (Phi) is 7.21. The highest BCUT2D eigenvalue weighted by Crippen LogP contribution is 2.30. The van der Waals surface area contributed by atoms with Gasteiger partial charge in [0.2, 0.25) is 5.95 Å². The average molecular weight is 497 g/mol. The fourth-order valence-electron chi connectivity index (χ4n) is 4.06. The highest BCUT2D eigenvalue weighted by Gasteiger charge is 2.31. The molecule has 12 heteroatoms. The van der Waals surface area contributed by atoms with E-state index in [-0.39, 0.29) is 34.5 Å². The topological polar surface area (TPSA) is 140 Å². The summed E-state index contributed by atoms with van der Waals surface area (Å²) in [4.78, 5) is 23.9. The lowest BCUT2D eigenvalue weighted by Crippen LogP contribution is -2.49. The zero-order valence-electron chi connectivity index (χ0n) is 20.2. The largest absolute Gasteiger partial charge is 0.364 e. The normalized spacial score (nSPS) is 18.7. The van der Waals surface area contributed by atoms with Crippen LogP contribution in [0.3, 0.4) is 0 Å². The summed E-state index contributed by atoms with van der Waals surface area (Å²) in [7, 11) is 0. The molecule has 0 saturated carbocycles. The molecule has 1 aliphatic rings. The van der Waals surface area contributed by atoms with Gasteiger partial charge in [-0.2, -0.15) is 25.4 Å². The number of fused-ring (bicyclic) bond motifs is 1. The van der Waals surface area contributed by atoms with E-state index in [1.54, 1.807) is 21.9 Å². The zero-order valence-corrected chi connectivity index (χ0v) is 21.0. The number of aromatic amines is 1. The molecule has 3 aromatic rings. The van der Waals surface area contributed by atoms with Gasteiger partial charge in [0.25, 0.3) is 5.91 Å². The Bertz CT molecular complexity index is 1290. The van der Waals surface area contributed by atoms with Gasteiger partial charge in [-0.05, 0) is 25.2 Å². The molecule has 35 heavy (non-hydrogen) atoms. The number of piperidine rings is 1. The first-order valence-electron chi connectivity index (χ1n) is 11.7. The van der Waals surface area contributed by atoms with Gasteiger partial charge in [0.15, 0.2) is 10.8 Å². The second kappa shape index (κ2) is 10.3. The lowest BCUT2D eigenvalue weighted by Gasteiger charge is -2.37. The predicted octanol–water partition coefficient (Wildman–Crippen LogP) is 3.72. The Morgan fingerprint density at radius 1 is 1.43 bits per heavy atom. The summed E-state index contributed by atoms with van der Waals surface area (Å²) in [6.07, 6.45) is 6.07. The SMILES string of the molecule is CCn1cc(Nc2nc(N[C@H]3CN(C(=O)/C(C#N)=C/C(C)C)CC[C@H]3C)c3c(Cl)n[nH]c3n2)cn1. The molecule has 11 nitrogen and oxygen atoms in total. The van der Waals surface area contributed by atoms with E-state index in [0.717, 1.165) is 18.7 Å². The average Bonchev–Trinajstić information content (AvgIpc) is 3.44. The van der Waals surface area contributed by atoms with E-state index in [1.165, 1.54) is 0 Å². The molecule has 0 spiro atoms. The van der Waals surface area contributed by atoms with Crippen molar-refractivity contribution in [2.45, 2.75) is 46.7 Å². The number of amides is 1. The van der Waals surface area contributed by atoms with Crippen LogP contribution >= 0.6 is 11.6 Å². The molecule has 3 N–H and O–H groups in total. The summed E-state index contributed by atoms with van der Waals surface area (Å²) >= 11 is 6.35. The minimum absolute atomic E-state index is 0.105. The molecule has 4 heterocycles. The van der Waals surface area contributed by atoms with E-state index in [0.29, 0.717) is 35.9 Å². The van der Waals surface area contributed by atoms with Gasteiger partial charge in [-0.15, -0.1) is 0 Å². The third-order valence-electron chi connectivity index (χ3n) is 6.01. The number of carbonyl (C=O) groups excluding carboxylic acids is 1. The maximum Gasteiger partial charge on any atom is 0.264 e. The zero-order chi connectivity index (χ0) is 25.1. The van der Waals surface area contributed by atoms with Gasteiger partial charge in [-0.3, -0.25) is 14.6 Å². The standard InChI is InChI=1S/C23H29ClN10O/c1-5-34-11-16(10-26-34)27-23-29-20(18-19(24)31-32-21(18)30-23)28-17-12-33(7-6-14(17)4)22(35)15(9-25)8-13(2)3/h8,10-11,13-14,17H,5-7,12H2,1-4H3,(H3,27,28,29,30,31,32)/b15-8+/t14-,17+/m1/s1. The number of nitrogens with one attached hydrogen (secondary N) is 3. The quantitative estimate of drug-likeness (QED) is 0.332. The van der Waals surface area contributed by atoms with E-state index < -0.39 is 0 Å². The maximum absolute atomic E-state index is 13.0. The summed E-state index contributed by atoms with van der Waals surface area (Å²) < 4.78 is 1.80. The second-order valence-electron chi connectivity index (χ2n) is 9.05. The van der Waals surface area contributed by atoms with E-state index in [9.17, 15) is 10.1 Å². The first kappa shape index (κ1) is 24.5. The molecule has 2 atom stereocenters. The summed E-state index contributed by atoms with van der Waals surface area (Å²) in [5.41, 5.74) is 1.42. The van der Waals surface area contributed by atoms with Crippen LogP contribution < -0.4 is 10.6 Å². The molecular weight excluding hydrogens is 468 g/mol. The number of hydrogen-bond donors (Lipinski definition) is 3. The van der Waals surface area contributed by atoms with Gasteiger partial charge in [-0.1, -0.05) is 38.4 Å². The van der Waals surface area contributed by atoms with Gasteiger partial charge in [-0.25, -0.2) is 0 Å². The number of rotatable bonds is 7. The number of halogens is 1. The molecule has 1 aliphatic heterocycles. The first-order valence-corrected chi connectivity index (χ1v) is 12.1. The van der Waals surface area contributed by atoms with Crippen LogP contribution in [0.2, 0.25) is 5.15 Å². The minimum atomic E-state index is -0.246. The van der Waals surface area contributed by atoms with Gasteiger partial charge in [0.05, 0.1) is 11.9 Å². The van der Waals surface area contributed by atoms with E-state index in [1.807, 2.05) is 27.0 Å². The molecule has 0 aliphatic carbocycles. The number of nitrogens with zero attached hydrogens (tertiary/aromatic N) is 7. The van der Waals surface area contributed by atoms with Crippen molar-refractivity contribution in [3.8, 4) is 6.07 Å². The molecule has 0 bridgehead atoms. The van der Waals surface area contributed by atoms with Crippen molar-refractivity contribution in [1.29, 1.82) is 5.26 Å². The number of hydrogen-bond acceptors (Lipinski definition) is 8. The number of anilines is 3. The van der Waals surface area contributed by atoms with Crippen molar-refractivity contribution in [3.05, 3.63) is 29.2 Å². The number of allylic oxidation sites excluding steroid dienone is 1. The van der Waals surface area contributed by atoms with Crippen LogP contribution in [-0.4, -0.2) is 59.9 Å². The lowest BCUT2D eigenvalue weighted by molar-refractivity contribution is -0.128. The molecule has 184 valence electrons. The number of nitriles is 1.